The highest BCUT2D eigenvalue weighted by molar-refractivity contribution is 5.75. The Morgan fingerprint density at radius 3 is 2.43 bits per heavy atom. The Bertz CT molecular complexity index is 705. The highest BCUT2D eigenvalue weighted by atomic mass is 16.1. The van der Waals surface area contributed by atoms with Crippen LogP contribution in [0.15, 0.2) is 29.1 Å². The lowest BCUT2D eigenvalue weighted by Gasteiger charge is -2.37. The van der Waals surface area contributed by atoms with E-state index < -0.39 is 0 Å². The zero-order chi connectivity index (χ0) is 15.6. The number of nitrogens with one attached hydrogen (secondary N) is 1. The first-order valence-electron chi connectivity index (χ1n) is 8.95. The second-order valence-electron chi connectivity index (χ2n) is 6.99. The predicted octanol–water partition coefficient (Wildman–Crippen LogP) is 2.41. The molecule has 2 aliphatic rings. The van der Waals surface area contributed by atoms with Crippen molar-refractivity contribution >= 4 is 11.0 Å². The molecule has 2 fully saturated rings. The van der Waals surface area contributed by atoms with Gasteiger partial charge in [0.25, 0.3) is 0 Å². The number of likely N-dealkylation sites (tertiary alicyclic amines) is 2. The topological polar surface area (TPSA) is 44.3 Å². The van der Waals surface area contributed by atoms with Crippen molar-refractivity contribution in [3.63, 3.8) is 0 Å². The number of piperidine rings is 2. The number of hydrogen-bond acceptors (Lipinski definition) is 3. The fourth-order valence-corrected chi connectivity index (χ4v) is 4.14. The third-order valence-electron chi connectivity index (χ3n) is 5.39. The third kappa shape index (κ3) is 3.08. The van der Waals surface area contributed by atoms with Gasteiger partial charge in [-0.3, -0.25) is 14.4 Å². The maximum atomic E-state index is 12.3. The van der Waals surface area contributed by atoms with Crippen molar-refractivity contribution in [1.82, 2.24) is 19.4 Å². The van der Waals surface area contributed by atoms with Gasteiger partial charge in [0.05, 0.1) is 17.7 Å². The molecule has 0 unspecified atom stereocenters. The molecule has 2 aromatic rings. The molecule has 124 valence electrons. The second-order valence-corrected chi connectivity index (χ2v) is 6.99. The van der Waals surface area contributed by atoms with E-state index in [0.717, 1.165) is 43.6 Å². The lowest BCUT2D eigenvalue weighted by Crippen LogP contribution is -2.44. The molecule has 2 saturated heterocycles. The molecule has 0 saturated carbocycles. The minimum absolute atomic E-state index is 0.0423. The minimum atomic E-state index is 0.0423. The monoisotopic (exact) mass is 314 g/mol. The molecule has 1 aromatic heterocycles. The number of aromatic amines is 1. The van der Waals surface area contributed by atoms with E-state index in [1.807, 2.05) is 28.8 Å². The van der Waals surface area contributed by atoms with Gasteiger partial charge in [0.1, 0.15) is 0 Å². The summed E-state index contributed by atoms with van der Waals surface area (Å²) in [4.78, 5) is 20.5. The van der Waals surface area contributed by atoms with E-state index in [2.05, 4.69) is 14.8 Å². The Morgan fingerprint density at radius 1 is 0.957 bits per heavy atom. The number of H-pyrrole nitrogens is 1. The average Bonchev–Trinajstić information content (AvgIpc) is 2.92. The summed E-state index contributed by atoms with van der Waals surface area (Å²) < 4.78 is 1.98. The lowest BCUT2D eigenvalue weighted by molar-refractivity contribution is 0.0848. The molecule has 4 rings (SSSR count). The van der Waals surface area contributed by atoms with Crippen LogP contribution in [0.5, 0.6) is 0 Å². The Labute approximate surface area is 136 Å². The summed E-state index contributed by atoms with van der Waals surface area (Å²) in [6.45, 7) is 5.79. The fourth-order valence-electron chi connectivity index (χ4n) is 4.14. The molecule has 0 radical (unpaired) electrons. The van der Waals surface area contributed by atoms with Crippen molar-refractivity contribution in [3.05, 3.63) is 34.7 Å². The van der Waals surface area contributed by atoms with Crippen LogP contribution >= 0.6 is 0 Å². The summed E-state index contributed by atoms with van der Waals surface area (Å²) in [5, 5.41) is 0. The second kappa shape index (κ2) is 6.49. The summed E-state index contributed by atoms with van der Waals surface area (Å²) in [5.74, 6) is 0. The van der Waals surface area contributed by atoms with Crippen molar-refractivity contribution in [3.8, 4) is 0 Å². The van der Waals surface area contributed by atoms with Crippen molar-refractivity contribution in [2.75, 3.05) is 32.8 Å². The molecule has 0 amide bonds. The highest BCUT2D eigenvalue weighted by Crippen LogP contribution is 2.25. The van der Waals surface area contributed by atoms with Gasteiger partial charge < -0.3 is 4.98 Å². The molecule has 5 heteroatoms. The van der Waals surface area contributed by atoms with Crippen LogP contribution in [0, 0.1) is 0 Å². The maximum Gasteiger partial charge on any atom is 0.326 e. The van der Waals surface area contributed by atoms with Gasteiger partial charge in [-0.2, -0.15) is 0 Å². The quantitative estimate of drug-likeness (QED) is 0.946. The van der Waals surface area contributed by atoms with Gasteiger partial charge in [-0.15, -0.1) is 0 Å². The number of para-hydroxylation sites is 2. The molecule has 0 spiro atoms. The van der Waals surface area contributed by atoms with Crippen LogP contribution in [0.4, 0.5) is 0 Å². The number of imidazole rings is 1. The van der Waals surface area contributed by atoms with Gasteiger partial charge in [-0.25, -0.2) is 4.79 Å². The van der Waals surface area contributed by atoms with Gasteiger partial charge in [0.2, 0.25) is 0 Å². The van der Waals surface area contributed by atoms with Crippen molar-refractivity contribution in [2.45, 2.75) is 38.1 Å². The smallest absolute Gasteiger partial charge is 0.306 e. The first-order valence-corrected chi connectivity index (χ1v) is 8.95. The largest absolute Gasteiger partial charge is 0.326 e. The molecule has 0 aliphatic carbocycles. The van der Waals surface area contributed by atoms with Crippen LogP contribution in [0.3, 0.4) is 0 Å². The third-order valence-corrected chi connectivity index (χ3v) is 5.39. The molecular formula is C18H26N4O. The van der Waals surface area contributed by atoms with Gasteiger partial charge in [0, 0.05) is 19.1 Å². The van der Waals surface area contributed by atoms with Crippen LogP contribution in [0.1, 0.15) is 38.1 Å². The molecule has 1 N–H and O–H groups in total. The van der Waals surface area contributed by atoms with Gasteiger partial charge in [0.15, 0.2) is 0 Å². The highest BCUT2D eigenvalue weighted by Gasteiger charge is 2.24. The van der Waals surface area contributed by atoms with E-state index in [1.165, 1.54) is 32.4 Å². The summed E-state index contributed by atoms with van der Waals surface area (Å²) in [6.07, 6.45) is 6.22. The zero-order valence-corrected chi connectivity index (χ0v) is 13.7. The molecule has 0 bridgehead atoms. The molecular weight excluding hydrogens is 288 g/mol. The first-order chi connectivity index (χ1) is 11.3. The Kier molecular flexibility index (Phi) is 4.23. The standard InChI is InChI=1S/C18H26N4O/c23-18-19-16-6-2-3-7-17(16)22(18)15-8-12-21(13-9-15)14-20-10-4-1-5-11-20/h2-3,6-7,15H,1,4-5,8-14H2,(H,19,23). The van der Waals surface area contributed by atoms with Crippen molar-refractivity contribution in [2.24, 2.45) is 0 Å². The predicted molar refractivity (Wildman–Crippen MR) is 92.7 cm³/mol. The van der Waals surface area contributed by atoms with Gasteiger partial charge in [-0.1, -0.05) is 18.6 Å². The Balaban J connectivity index is 1.42. The number of benzene rings is 1. The first kappa shape index (κ1) is 15.0. The normalized spacial score (nSPS) is 21.9. The Morgan fingerprint density at radius 2 is 1.65 bits per heavy atom. The van der Waals surface area contributed by atoms with Crippen LogP contribution in [-0.4, -0.2) is 52.2 Å². The van der Waals surface area contributed by atoms with E-state index in [1.54, 1.807) is 0 Å². The van der Waals surface area contributed by atoms with Crippen molar-refractivity contribution in [1.29, 1.82) is 0 Å². The number of nitrogens with zero attached hydrogens (tertiary/aromatic N) is 3. The van der Waals surface area contributed by atoms with E-state index in [4.69, 9.17) is 0 Å². The minimum Gasteiger partial charge on any atom is -0.306 e. The maximum absolute atomic E-state index is 12.3. The van der Waals surface area contributed by atoms with E-state index in [0.29, 0.717) is 6.04 Å². The molecule has 1 aromatic carbocycles. The van der Waals surface area contributed by atoms with Crippen LogP contribution in [0.2, 0.25) is 0 Å². The van der Waals surface area contributed by atoms with E-state index in [-0.39, 0.29) is 5.69 Å². The number of rotatable bonds is 3. The van der Waals surface area contributed by atoms with Gasteiger partial charge in [-0.05, 0) is 50.9 Å². The summed E-state index contributed by atoms with van der Waals surface area (Å²) in [6, 6.07) is 8.35. The molecule has 5 nitrogen and oxygen atoms in total. The molecule has 0 atom stereocenters. The fraction of sp³-hybridized carbons (Fsp3) is 0.611. The molecule has 3 heterocycles. The van der Waals surface area contributed by atoms with Crippen LogP contribution < -0.4 is 5.69 Å². The molecule has 23 heavy (non-hydrogen) atoms. The van der Waals surface area contributed by atoms with E-state index in [9.17, 15) is 4.79 Å². The summed E-state index contributed by atoms with van der Waals surface area (Å²) >= 11 is 0. The Hall–Kier alpha value is -1.59. The van der Waals surface area contributed by atoms with E-state index >= 15 is 0 Å². The van der Waals surface area contributed by atoms with Gasteiger partial charge >= 0.3 is 5.69 Å². The lowest BCUT2D eigenvalue weighted by atomic mass is 10.0. The average molecular weight is 314 g/mol. The number of hydrogen-bond donors (Lipinski definition) is 1. The summed E-state index contributed by atoms with van der Waals surface area (Å²) in [5.41, 5.74) is 2.04. The number of fused-ring (bicyclic) bond motifs is 1. The summed E-state index contributed by atoms with van der Waals surface area (Å²) in [7, 11) is 0. The molecule has 2 aliphatic heterocycles. The SMILES string of the molecule is O=c1[nH]c2ccccc2n1C1CCN(CN2CCCCC2)CC1. The van der Waals surface area contributed by atoms with Crippen LogP contribution in [0.25, 0.3) is 11.0 Å². The zero-order valence-electron chi connectivity index (χ0n) is 13.7. The van der Waals surface area contributed by atoms with Crippen LogP contribution in [-0.2, 0) is 0 Å². The van der Waals surface area contributed by atoms with Crippen molar-refractivity contribution < 1.29 is 0 Å². The number of aromatic nitrogens is 2.